The fraction of sp³-hybridized carbons (Fsp3) is 0.804. The van der Waals surface area contributed by atoms with Crippen LogP contribution in [0.4, 0.5) is 0 Å². The van der Waals surface area contributed by atoms with Crippen LogP contribution in [0.2, 0.25) is 0 Å². The first-order chi connectivity index (χ1) is 42.0. The third-order valence-corrected chi connectivity index (χ3v) is 15.9. The number of benzene rings is 1. The second-order valence-corrected chi connectivity index (χ2v) is 22.6. The molecule has 5 fully saturated rings. The van der Waals surface area contributed by atoms with E-state index in [-0.39, 0.29) is 5.56 Å². The molecule has 5 aliphatic rings. The van der Waals surface area contributed by atoms with E-state index < -0.39 is 216 Å². The zero-order valence-electron chi connectivity index (χ0n) is 49.8. The average molecular weight is 1270 g/mol. The van der Waals surface area contributed by atoms with Crippen molar-refractivity contribution >= 4 is 29.5 Å². The van der Waals surface area contributed by atoms with E-state index in [4.69, 9.17) is 47.4 Å². The molecular weight excluding hydrogens is 1170 g/mol. The van der Waals surface area contributed by atoms with Gasteiger partial charge in [-0.2, -0.15) is 0 Å². The summed E-state index contributed by atoms with van der Waals surface area (Å²) in [4.78, 5) is 64.1. The highest BCUT2D eigenvalue weighted by Gasteiger charge is 2.58. The van der Waals surface area contributed by atoms with Crippen molar-refractivity contribution in [3.63, 3.8) is 0 Å². The molecule has 25 atom stereocenters. The number of carbonyl (C=O) groups is 5. The number of rotatable bonds is 30. The third kappa shape index (κ3) is 18.8. The number of hydrogen-bond donors (Lipinski definition) is 17. The Morgan fingerprint density at radius 3 is 1.15 bits per heavy atom. The molecule has 6 rings (SSSR count). The Morgan fingerprint density at radius 1 is 0.420 bits per heavy atom. The van der Waals surface area contributed by atoms with E-state index in [1.807, 2.05) is 0 Å². The predicted octanol–water partition coefficient (Wildman–Crippen LogP) is -6.00. The molecule has 0 spiro atoms. The Kier molecular flexibility index (Phi) is 28.7. The Balaban J connectivity index is 1.18. The van der Waals surface area contributed by atoms with Crippen molar-refractivity contribution < 1.29 is 133 Å². The van der Waals surface area contributed by atoms with Gasteiger partial charge >= 0.3 is 0 Å². The fourth-order valence-electron chi connectivity index (χ4n) is 11.4. The van der Waals surface area contributed by atoms with Gasteiger partial charge in [0.05, 0.1) is 39.6 Å². The molecule has 0 saturated carbocycles. The Bertz CT molecular complexity index is 2350. The van der Waals surface area contributed by atoms with Crippen molar-refractivity contribution in [2.24, 2.45) is 0 Å². The Labute approximate surface area is 508 Å². The van der Waals surface area contributed by atoms with E-state index in [1.54, 1.807) is 12.1 Å². The number of carbonyl (C=O) groups excluding carboxylic acids is 5. The molecule has 5 aliphatic heterocycles. The highest BCUT2D eigenvalue weighted by molar-refractivity contribution is 5.94. The molecule has 14 unspecified atom stereocenters. The van der Waals surface area contributed by atoms with Gasteiger partial charge in [0.15, 0.2) is 31.5 Å². The van der Waals surface area contributed by atoms with Crippen LogP contribution < -0.4 is 31.3 Å². The van der Waals surface area contributed by atoms with Crippen molar-refractivity contribution in [3.05, 3.63) is 29.8 Å². The normalized spacial score (nSPS) is 37.7. The standard InChI is InChI=1S/C56H91N5O27/c1-6-7-8-9-10-11-12-13-14-18-79-30-17-15-16-29(19-30)51(77)61-37-42(72)41(71)31(20-62)81-53(37)86-48-33(22-64)83-55(39(44(48)74)59-27(4)69)88-50-35(24-66)84-56(40(46(50)76)60-28(5)70)87-49-34(23-65)82-54(38(45(49)75)58-26(3)68)85-47-32(21-63)80-52(78)36(43(47)73)57-25(2)67/h15-17,19,31-50,52-56,62-66,71-76,78H,6-14,18,20-24H2,1-5H3,(H,57,67)(H,58,68)(H,59,69)(H,60,70)(H,61,77)/t31?,32?,33?,34?,35?,36-,37-,38?,39?,40-,41+,42+,43+,44?,45?,46+,47?,48+,49+,50?,52?,53?,54?,55-,56-/m0/s1. The van der Waals surface area contributed by atoms with E-state index in [0.717, 1.165) is 53.4 Å². The van der Waals surface area contributed by atoms with E-state index in [9.17, 15) is 85.3 Å². The molecule has 502 valence electrons. The van der Waals surface area contributed by atoms with Gasteiger partial charge in [0.25, 0.3) is 5.91 Å². The molecule has 0 bridgehead atoms. The number of aliphatic hydroxyl groups excluding tert-OH is 12. The second-order valence-electron chi connectivity index (χ2n) is 22.6. The number of unbranched alkanes of at least 4 members (excludes halogenated alkanes) is 8. The fourth-order valence-corrected chi connectivity index (χ4v) is 11.4. The van der Waals surface area contributed by atoms with Crippen LogP contribution in [-0.4, -0.2) is 284 Å². The lowest BCUT2D eigenvalue weighted by Crippen LogP contribution is -2.72. The summed E-state index contributed by atoms with van der Waals surface area (Å²) < 4.78 is 59.9. The van der Waals surface area contributed by atoms with Crippen LogP contribution in [0.5, 0.6) is 5.75 Å². The molecule has 5 saturated heterocycles. The SMILES string of the molecule is CCCCCCCCCCCOc1cccc(C(=O)N[C@@H]2C(O[C@@H]3C(CO)O[C@@H](OC4C(CO)O[C@@H](O[C@@H]5C(CO)OC(OC6C(CO)OC(O)[C@@H](NC(C)=O)[C@H]6O)C(NC(C)=O)C5O)[C@@H](NC(C)=O)[C@H]4O)C(NC(C)=O)C3O)OC(CO)[C@@H](O)[C@@H]2O)c1. The highest BCUT2D eigenvalue weighted by atomic mass is 16.8. The molecule has 5 amide bonds. The molecular formula is C56H91N5O27. The van der Waals surface area contributed by atoms with E-state index in [1.165, 1.54) is 44.2 Å². The molecule has 17 N–H and O–H groups in total. The maximum atomic E-state index is 13.9. The lowest BCUT2D eigenvalue weighted by molar-refractivity contribution is -0.367. The maximum Gasteiger partial charge on any atom is 0.251 e. The minimum absolute atomic E-state index is 0.0716. The van der Waals surface area contributed by atoms with Gasteiger partial charge in [-0.05, 0) is 24.6 Å². The number of hydrogen-bond acceptors (Lipinski definition) is 27. The summed E-state index contributed by atoms with van der Waals surface area (Å²) in [5, 5.41) is 145. The van der Waals surface area contributed by atoms with Crippen LogP contribution in [0.25, 0.3) is 0 Å². The van der Waals surface area contributed by atoms with E-state index in [0.29, 0.717) is 12.4 Å². The summed E-state index contributed by atoms with van der Waals surface area (Å²) in [5.41, 5.74) is 0.0716. The van der Waals surface area contributed by atoms with E-state index in [2.05, 4.69) is 33.5 Å². The summed E-state index contributed by atoms with van der Waals surface area (Å²) in [7, 11) is 0. The average Bonchev–Trinajstić information content (AvgIpc) is 1.74. The van der Waals surface area contributed by atoms with Gasteiger partial charge < -0.3 is 135 Å². The summed E-state index contributed by atoms with van der Waals surface area (Å²) in [6.45, 7) is 2.10. The lowest BCUT2D eigenvalue weighted by atomic mass is 9.93. The van der Waals surface area contributed by atoms with Crippen LogP contribution in [0, 0.1) is 0 Å². The Hall–Kier alpha value is -4.47. The predicted molar refractivity (Wildman–Crippen MR) is 297 cm³/mol. The second kappa shape index (κ2) is 34.8. The maximum absolute atomic E-state index is 13.9. The molecule has 88 heavy (non-hydrogen) atoms. The number of ether oxygens (including phenoxy) is 10. The van der Waals surface area contributed by atoms with Crippen LogP contribution >= 0.6 is 0 Å². The van der Waals surface area contributed by atoms with Crippen LogP contribution in [0.3, 0.4) is 0 Å². The number of nitrogens with one attached hydrogen (secondary N) is 5. The first-order valence-electron chi connectivity index (χ1n) is 29.8. The minimum atomic E-state index is -2.03. The van der Waals surface area contributed by atoms with Gasteiger partial charge in [-0.3, -0.25) is 24.0 Å². The number of aliphatic hydroxyl groups is 12. The van der Waals surface area contributed by atoms with Gasteiger partial charge in [-0.25, -0.2) is 0 Å². The lowest BCUT2D eigenvalue weighted by Gasteiger charge is -2.51. The van der Waals surface area contributed by atoms with Gasteiger partial charge in [0, 0.05) is 33.3 Å². The summed E-state index contributed by atoms with van der Waals surface area (Å²) in [6.07, 6.45) is -25.8. The van der Waals surface area contributed by atoms with Gasteiger partial charge in [0.1, 0.15) is 128 Å². The minimum Gasteiger partial charge on any atom is -0.494 e. The van der Waals surface area contributed by atoms with Gasteiger partial charge in [-0.1, -0.05) is 64.4 Å². The molecule has 1 aromatic carbocycles. The van der Waals surface area contributed by atoms with Crippen LogP contribution in [0.15, 0.2) is 24.3 Å². The van der Waals surface area contributed by atoms with Crippen molar-refractivity contribution in [2.45, 2.75) is 246 Å². The zero-order valence-corrected chi connectivity index (χ0v) is 49.8. The largest absolute Gasteiger partial charge is 0.494 e. The third-order valence-electron chi connectivity index (χ3n) is 15.9. The molecule has 0 radical (unpaired) electrons. The molecule has 0 aliphatic carbocycles. The summed E-state index contributed by atoms with van der Waals surface area (Å²) in [5.74, 6) is -3.50. The van der Waals surface area contributed by atoms with Crippen molar-refractivity contribution in [2.75, 3.05) is 39.6 Å². The topological polar surface area (TPSA) is 481 Å². The Morgan fingerprint density at radius 2 is 0.761 bits per heavy atom. The van der Waals surface area contributed by atoms with Gasteiger partial charge in [0.2, 0.25) is 23.6 Å². The van der Waals surface area contributed by atoms with Crippen molar-refractivity contribution in [1.82, 2.24) is 26.6 Å². The number of amides is 5. The molecule has 32 nitrogen and oxygen atoms in total. The molecule has 1 aromatic rings. The first kappa shape index (κ1) is 72.6. The highest BCUT2D eigenvalue weighted by Crippen LogP contribution is 2.36. The molecule has 5 heterocycles. The van der Waals surface area contributed by atoms with E-state index >= 15 is 0 Å². The smallest absolute Gasteiger partial charge is 0.251 e. The summed E-state index contributed by atoms with van der Waals surface area (Å²) in [6, 6.07) is -2.10. The van der Waals surface area contributed by atoms with Crippen molar-refractivity contribution in [1.29, 1.82) is 0 Å². The summed E-state index contributed by atoms with van der Waals surface area (Å²) >= 11 is 0. The first-order valence-corrected chi connectivity index (χ1v) is 29.8. The van der Waals surface area contributed by atoms with Gasteiger partial charge in [-0.15, -0.1) is 0 Å². The molecule has 32 heteroatoms. The zero-order chi connectivity index (χ0) is 64.5. The quantitative estimate of drug-likeness (QED) is 0.0319. The van der Waals surface area contributed by atoms with Crippen LogP contribution in [-0.2, 0) is 61.8 Å². The van der Waals surface area contributed by atoms with Crippen molar-refractivity contribution in [3.8, 4) is 5.75 Å². The molecule has 0 aromatic heterocycles. The monoisotopic (exact) mass is 1270 g/mol. The van der Waals surface area contributed by atoms with Crippen LogP contribution in [0.1, 0.15) is 103 Å².